The quantitative estimate of drug-likeness (QED) is 0.863. The van der Waals surface area contributed by atoms with Crippen LogP contribution in [0.2, 0.25) is 5.02 Å². The second kappa shape index (κ2) is 5.15. The highest BCUT2D eigenvalue weighted by atomic mass is 35.5. The Balaban J connectivity index is 2.08. The summed E-state index contributed by atoms with van der Waals surface area (Å²) in [5.41, 5.74) is 1.20. The molecule has 0 aliphatic carbocycles. The molecule has 2 rings (SSSR count). The third kappa shape index (κ3) is 2.94. The minimum atomic E-state index is -0.457. The standard InChI is InChI=1S/C13H10ClF2N/c14-10-7-9(5-6-11(10)15)8-17-13-4-2-1-3-12(13)16/h1-7,17H,8H2. The lowest BCUT2D eigenvalue weighted by Gasteiger charge is -2.07. The highest BCUT2D eigenvalue weighted by Gasteiger charge is 2.02. The fourth-order valence-electron chi connectivity index (χ4n) is 1.45. The second-order valence-electron chi connectivity index (χ2n) is 3.58. The number of para-hydroxylation sites is 1. The molecule has 0 atom stereocenters. The van der Waals surface area contributed by atoms with Crippen LogP contribution in [0.1, 0.15) is 5.56 Å². The third-order valence-corrected chi connectivity index (χ3v) is 2.63. The van der Waals surface area contributed by atoms with Crippen LogP contribution in [0.5, 0.6) is 0 Å². The largest absolute Gasteiger partial charge is 0.379 e. The number of halogens is 3. The highest BCUT2D eigenvalue weighted by molar-refractivity contribution is 6.30. The molecule has 1 nitrogen and oxygen atoms in total. The molecule has 0 fully saturated rings. The fraction of sp³-hybridized carbons (Fsp3) is 0.0769. The maximum absolute atomic E-state index is 13.3. The number of hydrogen-bond acceptors (Lipinski definition) is 1. The molecule has 2 aromatic rings. The van der Waals surface area contributed by atoms with Crippen LogP contribution in [0.3, 0.4) is 0 Å². The number of nitrogens with one attached hydrogen (secondary N) is 1. The first-order valence-corrected chi connectivity index (χ1v) is 5.47. The predicted octanol–water partition coefficient (Wildman–Crippen LogP) is 4.23. The first kappa shape index (κ1) is 11.9. The van der Waals surface area contributed by atoms with E-state index in [2.05, 4.69) is 5.32 Å². The average molecular weight is 254 g/mol. The molecule has 0 amide bonds. The lowest BCUT2D eigenvalue weighted by atomic mass is 10.2. The minimum Gasteiger partial charge on any atom is -0.379 e. The van der Waals surface area contributed by atoms with E-state index in [9.17, 15) is 8.78 Å². The summed E-state index contributed by atoms with van der Waals surface area (Å²) in [7, 11) is 0. The van der Waals surface area contributed by atoms with E-state index in [0.717, 1.165) is 5.56 Å². The normalized spacial score (nSPS) is 10.3. The Morgan fingerprint density at radius 1 is 1.00 bits per heavy atom. The summed E-state index contributed by atoms with van der Waals surface area (Å²) in [6.07, 6.45) is 0. The van der Waals surface area contributed by atoms with Crippen molar-refractivity contribution in [1.29, 1.82) is 0 Å². The zero-order chi connectivity index (χ0) is 12.3. The summed E-state index contributed by atoms with van der Waals surface area (Å²) in [6.45, 7) is 0.390. The smallest absolute Gasteiger partial charge is 0.146 e. The molecule has 0 saturated heterocycles. The van der Waals surface area contributed by atoms with Crippen molar-refractivity contribution < 1.29 is 8.78 Å². The summed E-state index contributed by atoms with van der Waals surface area (Å²) in [4.78, 5) is 0. The van der Waals surface area contributed by atoms with E-state index < -0.39 is 5.82 Å². The van der Waals surface area contributed by atoms with Gasteiger partial charge in [0.05, 0.1) is 10.7 Å². The zero-order valence-electron chi connectivity index (χ0n) is 8.88. The van der Waals surface area contributed by atoms with E-state index in [0.29, 0.717) is 12.2 Å². The van der Waals surface area contributed by atoms with Gasteiger partial charge in [0.25, 0.3) is 0 Å². The van der Waals surface area contributed by atoms with Crippen molar-refractivity contribution in [3.05, 3.63) is 64.7 Å². The van der Waals surface area contributed by atoms with Crippen LogP contribution in [0.15, 0.2) is 42.5 Å². The summed E-state index contributed by atoms with van der Waals surface area (Å²) in [5.74, 6) is -0.776. The molecule has 2 aromatic carbocycles. The van der Waals surface area contributed by atoms with Crippen LogP contribution < -0.4 is 5.32 Å². The van der Waals surface area contributed by atoms with Crippen molar-refractivity contribution >= 4 is 17.3 Å². The van der Waals surface area contributed by atoms with Crippen molar-refractivity contribution in [1.82, 2.24) is 0 Å². The molecular weight excluding hydrogens is 244 g/mol. The molecule has 1 N–H and O–H groups in total. The first-order valence-electron chi connectivity index (χ1n) is 5.09. The number of benzene rings is 2. The molecule has 0 radical (unpaired) electrons. The van der Waals surface area contributed by atoms with Gasteiger partial charge in [-0.25, -0.2) is 8.78 Å². The maximum atomic E-state index is 13.3. The Labute approximate surface area is 103 Å². The Kier molecular flexibility index (Phi) is 3.59. The summed E-state index contributed by atoms with van der Waals surface area (Å²) in [5, 5.41) is 2.99. The molecule has 0 aromatic heterocycles. The van der Waals surface area contributed by atoms with E-state index in [1.807, 2.05) is 0 Å². The summed E-state index contributed by atoms with van der Waals surface area (Å²) < 4.78 is 26.2. The van der Waals surface area contributed by atoms with Crippen LogP contribution in [-0.4, -0.2) is 0 Å². The second-order valence-corrected chi connectivity index (χ2v) is 3.99. The molecule has 0 heterocycles. The molecule has 0 unspecified atom stereocenters. The molecular formula is C13H10ClF2N. The maximum Gasteiger partial charge on any atom is 0.146 e. The molecule has 4 heteroatoms. The molecule has 0 bridgehead atoms. The van der Waals surface area contributed by atoms with E-state index in [4.69, 9.17) is 11.6 Å². The topological polar surface area (TPSA) is 12.0 Å². The van der Waals surface area contributed by atoms with E-state index in [-0.39, 0.29) is 10.8 Å². The number of hydrogen-bond donors (Lipinski definition) is 1. The van der Waals surface area contributed by atoms with Gasteiger partial charge < -0.3 is 5.32 Å². The van der Waals surface area contributed by atoms with Crippen molar-refractivity contribution in [3.8, 4) is 0 Å². The summed E-state index contributed by atoms with van der Waals surface area (Å²) in [6, 6.07) is 10.8. The van der Waals surface area contributed by atoms with E-state index in [1.165, 1.54) is 18.2 Å². The van der Waals surface area contributed by atoms with Gasteiger partial charge in [0.2, 0.25) is 0 Å². The molecule has 0 spiro atoms. The lowest BCUT2D eigenvalue weighted by Crippen LogP contribution is -2.01. The number of anilines is 1. The Bertz CT molecular complexity index is 529. The van der Waals surface area contributed by atoms with E-state index in [1.54, 1.807) is 24.3 Å². The fourth-order valence-corrected chi connectivity index (χ4v) is 1.65. The van der Waals surface area contributed by atoms with Gasteiger partial charge in [0.1, 0.15) is 11.6 Å². The Morgan fingerprint density at radius 2 is 1.76 bits per heavy atom. The third-order valence-electron chi connectivity index (χ3n) is 2.34. The monoisotopic (exact) mass is 253 g/mol. The van der Waals surface area contributed by atoms with Crippen molar-refractivity contribution in [3.63, 3.8) is 0 Å². The van der Waals surface area contributed by atoms with Gasteiger partial charge in [0, 0.05) is 6.54 Å². The average Bonchev–Trinajstić information content (AvgIpc) is 2.32. The molecule has 88 valence electrons. The zero-order valence-corrected chi connectivity index (χ0v) is 9.64. The Hall–Kier alpha value is -1.61. The molecule has 0 saturated carbocycles. The van der Waals surface area contributed by atoms with Gasteiger partial charge in [-0.15, -0.1) is 0 Å². The first-order chi connectivity index (χ1) is 8.16. The van der Waals surface area contributed by atoms with Crippen LogP contribution in [0, 0.1) is 11.6 Å². The van der Waals surface area contributed by atoms with Crippen molar-refractivity contribution in [2.75, 3.05) is 5.32 Å². The number of rotatable bonds is 3. The van der Waals surface area contributed by atoms with Crippen molar-refractivity contribution in [2.45, 2.75) is 6.54 Å². The van der Waals surface area contributed by atoms with Gasteiger partial charge in [-0.05, 0) is 29.8 Å². The summed E-state index contributed by atoms with van der Waals surface area (Å²) >= 11 is 5.65. The van der Waals surface area contributed by atoms with Gasteiger partial charge in [-0.2, -0.15) is 0 Å². The highest BCUT2D eigenvalue weighted by Crippen LogP contribution is 2.18. The van der Waals surface area contributed by atoms with Gasteiger partial charge in [-0.1, -0.05) is 29.8 Å². The van der Waals surface area contributed by atoms with Crippen LogP contribution in [0.25, 0.3) is 0 Å². The van der Waals surface area contributed by atoms with Crippen LogP contribution >= 0.6 is 11.6 Å². The van der Waals surface area contributed by atoms with Crippen LogP contribution in [0.4, 0.5) is 14.5 Å². The minimum absolute atomic E-state index is 0.0674. The molecule has 17 heavy (non-hydrogen) atoms. The predicted molar refractivity (Wildman–Crippen MR) is 65.1 cm³/mol. The van der Waals surface area contributed by atoms with Gasteiger partial charge in [-0.3, -0.25) is 0 Å². The molecule has 0 aliphatic heterocycles. The van der Waals surface area contributed by atoms with Crippen molar-refractivity contribution in [2.24, 2.45) is 0 Å². The van der Waals surface area contributed by atoms with Gasteiger partial charge >= 0.3 is 0 Å². The van der Waals surface area contributed by atoms with Gasteiger partial charge in [0.15, 0.2) is 0 Å². The van der Waals surface area contributed by atoms with E-state index >= 15 is 0 Å². The Morgan fingerprint density at radius 3 is 2.47 bits per heavy atom. The SMILES string of the molecule is Fc1ccc(CNc2ccccc2F)cc1Cl. The molecule has 0 aliphatic rings. The van der Waals surface area contributed by atoms with Crippen LogP contribution in [-0.2, 0) is 6.54 Å². The lowest BCUT2D eigenvalue weighted by molar-refractivity contribution is 0.626.